The highest BCUT2D eigenvalue weighted by molar-refractivity contribution is 14.0. The largest absolute Gasteiger partial charge is 0.486 e. The van der Waals surface area contributed by atoms with Gasteiger partial charge in [-0.1, -0.05) is 26.0 Å². The van der Waals surface area contributed by atoms with Crippen molar-refractivity contribution in [2.45, 2.75) is 32.7 Å². The molecule has 2 aromatic rings. The van der Waals surface area contributed by atoms with Crippen LogP contribution in [-0.4, -0.2) is 32.3 Å². The fourth-order valence-corrected chi connectivity index (χ4v) is 3.40. The zero-order valence-corrected chi connectivity index (χ0v) is 19.2. The minimum atomic E-state index is -0.0744. The van der Waals surface area contributed by atoms with Gasteiger partial charge >= 0.3 is 0 Å². The second-order valence-electron chi connectivity index (χ2n) is 6.87. The normalized spacial score (nSPS) is 13.7. The predicted molar refractivity (Wildman–Crippen MR) is 123 cm³/mol. The molecule has 0 radical (unpaired) electrons. The van der Waals surface area contributed by atoms with Crippen molar-refractivity contribution >= 4 is 41.3 Å². The van der Waals surface area contributed by atoms with E-state index in [9.17, 15) is 0 Å². The molecule has 2 N–H and O–H groups in total. The van der Waals surface area contributed by atoms with E-state index in [-0.39, 0.29) is 29.4 Å². The Morgan fingerprint density at radius 3 is 2.63 bits per heavy atom. The van der Waals surface area contributed by atoms with Gasteiger partial charge in [0.05, 0.1) is 6.54 Å². The van der Waals surface area contributed by atoms with E-state index in [4.69, 9.17) is 9.47 Å². The van der Waals surface area contributed by atoms with Crippen LogP contribution in [0.1, 0.15) is 31.2 Å². The van der Waals surface area contributed by atoms with Crippen molar-refractivity contribution in [2.75, 3.05) is 26.3 Å². The SMILES string of the molecule is CCNC(=NCc1cccs1)NCC(C)(C)c1ccc2c(c1)OCCO2.I. The van der Waals surface area contributed by atoms with Gasteiger partial charge in [-0.15, -0.1) is 35.3 Å². The van der Waals surface area contributed by atoms with E-state index in [1.165, 1.54) is 10.4 Å². The van der Waals surface area contributed by atoms with Crippen molar-refractivity contribution in [3.05, 3.63) is 46.2 Å². The monoisotopic (exact) mass is 501 g/mol. The van der Waals surface area contributed by atoms with Crippen LogP contribution in [0, 0.1) is 0 Å². The van der Waals surface area contributed by atoms with E-state index in [0.29, 0.717) is 19.8 Å². The zero-order valence-electron chi connectivity index (χ0n) is 16.1. The Bertz CT molecular complexity index is 748. The zero-order chi connectivity index (χ0) is 18.4. The first-order chi connectivity index (χ1) is 12.6. The molecule has 0 amide bonds. The molecule has 0 saturated heterocycles. The summed E-state index contributed by atoms with van der Waals surface area (Å²) >= 11 is 1.73. The number of ether oxygens (including phenoxy) is 2. The molecule has 1 aromatic heterocycles. The van der Waals surface area contributed by atoms with Gasteiger partial charge in [-0.3, -0.25) is 0 Å². The molecule has 0 aliphatic carbocycles. The molecule has 1 aliphatic rings. The summed E-state index contributed by atoms with van der Waals surface area (Å²) in [6.07, 6.45) is 0. The first-order valence-electron chi connectivity index (χ1n) is 9.03. The quantitative estimate of drug-likeness (QED) is 0.355. The highest BCUT2D eigenvalue weighted by Crippen LogP contribution is 2.34. The summed E-state index contributed by atoms with van der Waals surface area (Å²) in [7, 11) is 0. The number of nitrogens with one attached hydrogen (secondary N) is 2. The van der Waals surface area contributed by atoms with Crippen molar-refractivity contribution in [1.29, 1.82) is 0 Å². The lowest BCUT2D eigenvalue weighted by Gasteiger charge is -2.28. The lowest BCUT2D eigenvalue weighted by molar-refractivity contribution is 0.171. The van der Waals surface area contributed by atoms with Gasteiger partial charge < -0.3 is 20.1 Å². The molecule has 0 atom stereocenters. The number of guanidine groups is 1. The maximum absolute atomic E-state index is 5.72. The van der Waals surface area contributed by atoms with Crippen LogP contribution in [0.4, 0.5) is 0 Å². The average molecular weight is 501 g/mol. The Morgan fingerprint density at radius 1 is 1.15 bits per heavy atom. The number of hydrogen-bond acceptors (Lipinski definition) is 4. The van der Waals surface area contributed by atoms with Gasteiger partial charge in [0.2, 0.25) is 0 Å². The van der Waals surface area contributed by atoms with Crippen molar-refractivity contribution in [1.82, 2.24) is 10.6 Å². The summed E-state index contributed by atoms with van der Waals surface area (Å²) < 4.78 is 11.3. The lowest BCUT2D eigenvalue weighted by atomic mass is 9.84. The molecule has 0 bridgehead atoms. The summed E-state index contributed by atoms with van der Waals surface area (Å²) in [6, 6.07) is 10.4. The molecule has 0 spiro atoms. The third kappa shape index (κ3) is 6.00. The molecule has 1 aromatic carbocycles. The molecule has 7 heteroatoms. The van der Waals surface area contributed by atoms with Crippen LogP contribution >= 0.6 is 35.3 Å². The second kappa shape index (κ2) is 10.2. The Kier molecular flexibility index (Phi) is 8.22. The van der Waals surface area contributed by atoms with E-state index in [2.05, 4.69) is 66.0 Å². The topological polar surface area (TPSA) is 54.9 Å². The number of halogens is 1. The van der Waals surface area contributed by atoms with E-state index in [1.54, 1.807) is 11.3 Å². The number of rotatable bonds is 6. The van der Waals surface area contributed by atoms with Crippen LogP contribution in [0.2, 0.25) is 0 Å². The van der Waals surface area contributed by atoms with E-state index >= 15 is 0 Å². The lowest BCUT2D eigenvalue weighted by Crippen LogP contribution is -2.43. The number of fused-ring (bicyclic) bond motifs is 1. The number of nitrogens with zero attached hydrogens (tertiary/aromatic N) is 1. The van der Waals surface area contributed by atoms with Crippen LogP contribution in [0.5, 0.6) is 11.5 Å². The third-order valence-electron chi connectivity index (χ3n) is 4.34. The van der Waals surface area contributed by atoms with Gasteiger partial charge in [0.25, 0.3) is 0 Å². The standard InChI is InChI=1S/C20H27N3O2S.HI/c1-4-21-19(22-13-16-6-5-11-26-16)23-14-20(2,3)15-7-8-17-18(12-15)25-10-9-24-17;/h5-8,11-12H,4,9-10,13-14H2,1-3H3,(H2,21,22,23);1H. The first-order valence-corrected chi connectivity index (χ1v) is 9.91. The molecule has 3 rings (SSSR count). The number of thiophene rings is 1. The van der Waals surface area contributed by atoms with Gasteiger partial charge in [-0.2, -0.15) is 0 Å². The molecular formula is C20H28IN3O2S. The Morgan fingerprint density at radius 2 is 1.93 bits per heavy atom. The van der Waals surface area contributed by atoms with Crippen molar-refractivity contribution in [2.24, 2.45) is 4.99 Å². The van der Waals surface area contributed by atoms with Crippen LogP contribution < -0.4 is 20.1 Å². The highest BCUT2D eigenvalue weighted by atomic mass is 127. The molecule has 2 heterocycles. The summed E-state index contributed by atoms with van der Waals surface area (Å²) in [5, 5.41) is 8.87. The fraction of sp³-hybridized carbons (Fsp3) is 0.450. The molecule has 1 aliphatic heterocycles. The Balaban J connectivity index is 0.00000261. The van der Waals surface area contributed by atoms with Crippen LogP contribution in [0.25, 0.3) is 0 Å². The van der Waals surface area contributed by atoms with Crippen molar-refractivity contribution < 1.29 is 9.47 Å². The van der Waals surface area contributed by atoms with Crippen molar-refractivity contribution in [3.63, 3.8) is 0 Å². The summed E-state index contributed by atoms with van der Waals surface area (Å²) in [5.74, 6) is 2.50. The molecule has 148 valence electrons. The van der Waals surface area contributed by atoms with E-state index in [0.717, 1.165) is 30.5 Å². The number of benzene rings is 1. The number of aliphatic imine (C=N–C) groups is 1. The smallest absolute Gasteiger partial charge is 0.191 e. The Labute approximate surface area is 182 Å². The summed E-state index contributed by atoms with van der Waals surface area (Å²) in [5.41, 5.74) is 1.14. The van der Waals surface area contributed by atoms with Crippen LogP contribution in [-0.2, 0) is 12.0 Å². The highest BCUT2D eigenvalue weighted by Gasteiger charge is 2.23. The van der Waals surface area contributed by atoms with Crippen LogP contribution in [0.3, 0.4) is 0 Å². The number of hydrogen-bond donors (Lipinski definition) is 2. The molecule has 27 heavy (non-hydrogen) atoms. The minimum Gasteiger partial charge on any atom is -0.486 e. The molecule has 0 saturated carbocycles. The van der Waals surface area contributed by atoms with Crippen LogP contribution in [0.15, 0.2) is 40.7 Å². The predicted octanol–water partition coefficient (Wildman–Crippen LogP) is 4.17. The average Bonchev–Trinajstić information content (AvgIpc) is 3.17. The van der Waals surface area contributed by atoms with Gasteiger partial charge in [0, 0.05) is 23.4 Å². The maximum Gasteiger partial charge on any atom is 0.191 e. The molecule has 0 unspecified atom stereocenters. The van der Waals surface area contributed by atoms with Gasteiger partial charge in [-0.25, -0.2) is 4.99 Å². The van der Waals surface area contributed by atoms with E-state index in [1.807, 2.05) is 6.07 Å². The first kappa shape index (κ1) is 21.8. The third-order valence-corrected chi connectivity index (χ3v) is 5.20. The minimum absolute atomic E-state index is 0. The molecular weight excluding hydrogens is 473 g/mol. The van der Waals surface area contributed by atoms with Gasteiger partial charge in [-0.05, 0) is 36.1 Å². The summed E-state index contributed by atoms with van der Waals surface area (Å²) in [6.45, 7) is 10.0. The molecule has 0 fully saturated rings. The van der Waals surface area contributed by atoms with Gasteiger partial charge in [0.1, 0.15) is 13.2 Å². The summed E-state index contributed by atoms with van der Waals surface area (Å²) in [4.78, 5) is 5.94. The Hall–Kier alpha value is -1.48. The van der Waals surface area contributed by atoms with E-state index < -0.39 is 0 Å². The fourth-order valence-electron chi connectivity index (χ4n) is 2.77. The van der Waals surface area contributed by atoms with Crippen molar-refractivity contribution in [3.8, 4) is 11.5 Å². The van der Waals surface area contributed by atoms with Gasteiger partial charge in [0.15, 0.2) is 17.5 Å². The maximum atomic E-state index is 5.72. The molecule has 5 nitrogen and oxygen atoms in total. The second-order valence-corrected chi connectivity index (χ2v) is 7.90.